The molecule has 2 aliphatic rings. The van der Waals surface area contributed by atoms with E-state index in [1.807, 2.05) is 11.0 Å². The molecule has 1 aliphatic carbocycles. The van der Waals surface area contributed by atoms with Crippen LogP contribution in [0.1, 0.15) is 68.0 Å². The van der Waals surface area contributed by atoms with Crippen LogP contribution in [0, 0.1) is 5.92 Å². The molecule has 3 rings (SSSR count). The van der Waals surface area contributed by atoms with E-state index in [-0.39, 0.29) is 5.91 Å². The molecule has 0 atom stereocenters. The van der Waals surface area contributed by atoms with Crippen LogP contribution in [-0.4, -0.2) is 36.3 Å². The van der Waals surface area contributed by atoms with Gasteiger partial charge in [-0.1, -0.05) is 19.8 Å². The predicted molar refractivity (Wildman–Crippen MR) is 119 cm³/mol. The summed E-state index contributed by atoms with van der Waals surface area (Å²) in [5, 5.41) is 0. The quantitative estimate of drug-likeness (QED) is 0.574. The third kappa shape index (κ3) is 5.45. The fourth-order valence-electron chi connectivity index (χ4n) is 3.85. The van der Waals surface area contributed by atoms with Crippen LogP contribution in [-0.2, 0) is 11.2 Å². The highest BCUT2D eigenvalue weighted by Crippen LogP contribution is 2.36. The van der Waals surface area contributed by atoms with Gasteiger partial charge in [0, 0.05) is 30.0 Å². The normalized spacial score (nSPS) is 16.6. The SMILES string of the molecule is CCCN(CC1CCC1)C(=O)C1=Cc2sc(CCCCCN)cc2N=C(N)C1. The van der Waals surface area contributed by atoms with E-state index in [1.165, 1.54) is 24.1 Å². The van der Waals surface area contributed by atoms with Crippen molar-refractivity contribution in [3.63, 3.8) is 0 Å². The van der Waals surface area contributed by atoms with E-state index in [9.17, 15) is 4.79 Å². The molecule has 154 valence electrons. The van der Waals surface area contributed by atoms with Crippen LogP contribution in [0.25, 0.3) is 6.08 Å². The van der Waals surface area contributed by atoms with Crippen LogP contribution >= 0.6 is 11.3 Å². The number of rotatable bonds is 10. The zero-order chi connectivity index (χ0) is 19.9. The number of aliphatic imine (C=N–C) groups is 1. The van der Waals surface area contributed by atoms with Crippen molar-refractivity contribution in [3.8, 4) is 0 Å². The van der Waals surface area contributed by atoms with E-state index in [1.54, 1.807) is 11.3 Å². The fraction of sp³-hybridized carbons (Fsp3) is 0.636. The highest BCUT2D eigenvalue weighted by molar-refractivity contribution is 7.13. The summed E-state index contributed by atoms with van der Waals surface area (Å²) in [7, 11) is 0. The molecule has 4 N–H and O–H groups in total. The molecule has 1 saturated carbocycles. The summed E-state index contributed by atoms with van der Waals surface area (Å²) in [5.41, 5.74) is 13.4. The van der Waals surface area contributed by atoms with Crippen molar-refractivity contribution in [2.45, 2.75) is 64.7 Å². The lowest BCUT2D eigenvalue weighted by molar-refractivity contribution is -0.128. The number of amidine groups is 1. The van der Waals surface area contributed by atoms with E-state index in [0.717, 1.165) is 67.9 Å². The average Bonchev–Trinajstić information content (AvgIpc) is 2.93. The largest absolute Gasteiger partial charge is 0.387 e. The summed E-state index contributed by atoms with van der Waals surface area (Å²) in [6.45, 7) is 4.58. The van der Waals surface area contributed by atoms with Crippen molar-refractivity contribution < 1.29 is 4.79 Å². The molecule has 5 nitrogen and oxygen atoms in total. The third-order valence-electron chi connectivity index (χ3n) is 5.62. The maximum atomic E-state index is 13.3. The van der Waals surface area contributed by atoms with Crippen LogP contribution in [0.15, 0.2) is 16.6 Å². The molecule has 0 spiro atoms. The summed E-state index contributed by atoms with van der Waals surface area (Å²) < 4.78 is 0. The molecule has 1 aliphatic heterocycles. The summed E-state index contributed by atoms with van der Waals surface area (Å²) >= 11 is 1.74. The number of hydrogen-bond donors (Lipinski definition) is 2. The van der Waals surface area contributed by atoms with Gasteiger partial charge in [-0.15, -0.1) is 11.3 Å². The van der Waals surface area contributed by atoms with Gasteiger partial charge in [-0.2, -0.15) is 0 Å². The number of thiophene rings is 1. The molecule has 1 fully saturated rings. The Labute approximate surface area is 172 Å². The van der Waals surface area contributed by atoms with Crippen molar-refractivity contribution in [1.82, 2.24) is 4.90 Å². The van der Waals surface area contributed by atoms with E-state index < -0.39 is 0 Å². The predicted octanol–water partition coefficient (Wildman–Crippen LogP) is 4.23. The second kappa shape index (κ2) is 10.2. The molecule has 0 bridgehead atoms. The van der Waals surface area contributed by atoms with Gasteiger partial charge in [0.25, 0.3) is 0 Å². The Morgan fingerprint density at radius 1 is 1.32 bits per heavy atom. The summed E-state index contributed by atoms with van der Waals surface area (Å²) in [6.07, 6.45) is 11.7. The van der Waals surface area contributed by atoms with Gasteiger partial charge in [-0.3, -0.25) is 4.79 Å². The minimum atomic E-state index is 0.137. The zero-order valence-corrected chi connectivity index (χ0v) is 17.9. The molecule has 6 heteroatoms. The van der Waals surface area contributed by atoms with Crippen LogP contribution in [0.5, 0.6) is 0 Å². The number of amides is 1. The lowest BCUT2D eigenvalue weighted by atomic mass is 9.85. The Kier molecular flexibility index (Phi) is 7.68. The van der Waals surface area contributed by atoms with Gasteiger partial charge in [-0.05, 0) is 63.1 Å². The molecule has 1 aromatic rings. The smallest absolute Gasteiger partial charge is 0.250 e. The van der Waals surface area contributed by atoms with Gasteiger partial charge < -0.3 is 16.4 Å². The monoisotopic (exact) mass is 402 g/mol. The molecule has 1 amide bonds. The molecule has 2 heterocycles. The molecule has 28 heavy (non-hydrogen) atoms. The van der Waals surface area contributed by atoms with Gasteiger partial charge in [0.05, 0.1) is 10.6 Å². The van der Waals surface area contributed by atoms with Crippen molar-refractivity contribution in [3.05, 3.63) is 21.4 Å². The van der Waals surface area contributed by atoms with Gasteiger partial charge >= 0.3 is 0 Å². The van der Waals surface area contributed by atoms with E-state index >= 15 is 0 Å². The van der Waals surface area contributed by atoms with Crippen LogP contribution in [0.4, 0.5) is 5.69 Å². The fourth-order valence-corrected chi connectivity index (χ4v) is 4.96. The first-order valence-corrected chi connectivity index (χ1v) is 11.6. The number of nitrogens with two attached hydrogens (primary N) is 2. The number of carbonyl (C=O) groups is 1. The highest BCUT2D eigenvalue weighted by atomic mass is 32.1. The lowest BCUT2D eigenvalue weighted by Gasteiger charge is -2.32. The minimum Gasteiger partial charge on any atom is -0.387 e. The number of unbranched alkanes of at least 4 members (excludes halogenated alkanes) is 2. The number of aryl methyl sites for hydroxylation is 1. The Morgan fingerprint density at radius 2 is 2.14 bits per heavy atom. The van der Waals surface area contributed by atoms with E-state index in [0.29, 0.717) is 18.2 Å². The Morgan fingerprint density at radius 3 is 2.82 bits per heavy atom. The van der Waals surface area contributed by atoms with Crippen molar-refractivity contribution in [1.29, 1.82) is 0 Å². The second-order valence-corrected chi connectivity index (χ2v) is 9.23. The first-order chi connectivity index (χ1) is 13.6. The van der Waals surface area contributed by atoms with Gasteiger partial charge in [-0.25, -0.2) is 4.99 Å². The average molecular weight is 403 g/mol. The molecule has 0 aromatic carbocycles. The van der Waals surface area contributed by atoms with Gasteiger partial charge in [0.2, 0.25) is 5.91 Å². The van der Waals surface area contributed by atoms with Crippen LogP contribution in [0.2, 0.25) is 0 Å². The van der Waals surface area contributed by atoms with Crippen molar-refractivity contribution in [2.75, 3.05) is 19.6 Å². The Bertz CT molecular complexity index is 733. The maximum absolute atomic E-state index is 13.3. The van der Waals surface area contributed by atoms with Crippen molar-refractivity contribution >= 4 is 34.8 Å². The van der Waals surface area contributed by atoms with Gasteiger partial charge in [0.15, 0.2) is 0 Å². The van der Waals surface area contributed by atoms with Gasteiger partial charge in [0.1, 0.15) is 5.84 Å². The van der Waals surface area contributed by atoms with E-state index in [2.05, 4.69) is 18.0 Å². The molecule has 1 aromatic heterocycles. The molecule has 0 unspecified atom stereocenters. The third-order valence-corrected chi connectivity index (χ3v) is 6.75. The molecule has 0 radical (unpaired) electrons. The highest BCUT2D eigenvalue weighted by Gasteiger charge is 2.26. The number of nitrogens with zero attached hydrogens (tertiary/aromatic N) is 2. The first-order valence-electron chi connectivity index (χ1n) is 10.8. The molecular formula is C22H34N4OS. The molecule has 0 saturated heterocycles. The number of hydrogen-bond acceptors (Lipinski definition) is 5. The summed E-state index contributed by atoms with van der Waals surface area (Å²) in [6, 6.07) is 2.14. The summed E-state index contributed by atoms with van der Waals surface area (Å²) in [4.78, 5) is 22.3. The number of carbonyl (C=O) groups excluding carboxylic acids is 1. The van der Waals surface area contributed by atoms with Crippen LogP contribution < -0.4 is 11.5 Å². The molecular weight excluding hydrogens is 368 g/mol. The second-order valence-electron chi connectivity index (χ2n) is 8.06. The Balaban J connectivity index is 1.74. The topological polar surface area (TPSA) is 84.7 Å². The van der Waals surface area contributed by atoms with E-state index in [4.69, 9.17) is 11.5 Å². The lowest BCUT2D eigenvalue weighted by Crippen LogP contribution is -2.39. The first kappa shape index (κ1) is 21.1. The van der Waals surface area contributed by atoms with Crippen molar-refractivity contribution in [2.24, 2.45) is 22.4 Å². The van der Waals surface area contributed by atoms with Crippen LogP contribution in [0.3, 0.4) is 0 Å². The maximum Gasteiger partial charge on any atom is 0.250 e. The zero-order valence-electron chi connectivity index (χ0n) is 17.1. The number of fused-ring (bicyclic) bond motifs is 1. The summed E-state index contributed by atoms with van der Waals surface area (Å²) in [5.74, 6) is 1.34. The Hall–Kier alpha value is -1.66. The standard InChI is InChI=1S/C22H34N4OS/c1-2-11-26(15-16-7-6-8-16)22(27)17-12-20-19(25-21(24)13-17)14-18(28-20)9-4-3-5-10-23/h12,14,16H,2-11,13,15,23H2,1H3,(H2,24,25). The minimum absolute atomic E-state index is 0.137.